The first-order chi connectivity index (χ1) is 15.0. The van der Waals surface area contributed by atoms with E-state index >= 15 is 0 Å². The smallest absolute Gasteiger partial charge is 0.250 e. The van der Waals surface area contributed by atoms with Crippen LogP contribution in [0, 0.1) is 0 Å². The zero-order valence-electron chi connectivity index (χ0n) is 17.7. The summed E-state index contributed by atoms with van der Waals surface area (Å²) in [6.45, 7) is 2.13. The Morgan fingerprint density at radius 2 is 1.81 bits per heavy atom. The normalized spacial score (nSPS) is 19.8. The van der Waals surface area contributed by atoms with E-state index in [1.54, 1.807) is 11.8 Å². The van der Waals surface area contributed by atoms with Gasteiger partial charge in [-0.1, -0.05) is 48.3 Å². The summed E-state index contributed by atoms with van der Waals surface area (Å²) in [6.07, 6.45) is 6.01. The van der Waals surface area contributed by atoms with Crippen LogP contribution in [0.3, 0.4) is 0 Å². The van der Waals surface area contributed by atoms with Crippen molar-refractivity contribution in [2.45, 2.75) is 68.5 Å². The van der Waals surface area contributed by atoms with Crippen LogP contribution in [0.2, 0.25) is 10.0 Å². The Bertz CT molecular complexity index is 960. The average molecular weight is 476 g/mol. The lowest BCUT2D eigenvalue weighted by atomic mass is 9.95. The number of carbonyl (C=O) groups excluding carboxylic acids is 1. The summed E-state index contributed by atoms with van der Waals surface area (Å²) in [4.78, 5) is 18.0. The Balaban J connectivity index is 1.28. The van der Waals surface area contributed by atoms with E-state index in [1.165, 1.54) is 4.90 Å². The van der Waals surface area contributed by atoms with Crippen LogP contribution < -0.4 is 0 Å². The molecule has 2 fully saturated rings. The molecule has 31 heavy (non-hydrogen) atoms. The fourth-order valence-electron chi connectivity index (χ4n) is 4.10. The molecule has 1 amide bonds. The van der Waals surface area contributed by atoms with E-state index < -0.39 is 0 Å². The molecule has 0 unspecified atom stereocenters. The number of ether oxygens (including phenoxy) is 1. The Kier molecular flexibility index (Phi) is 7.43. The van der Waals surface area contributed by atoms with Crippen LogP contribution >= 0.6 is 35.0 Å². The van der Waals surface area contributed by atoms with Gasteiger partial charge in [0.25, 0.3) is 0 Å². The van der Waals surface area contributed by atoms with E-state index in [2.05, 4.69) is 24.0 Å². The van der Waals surface area contributed by atoms with Gasteiger partial charge in [-0.15, -0.1) is 11.8 Å². The summed E-state index contributed by atoms with van der Waals surface area (Å²) in [6, 6.07) is 14.0. The van der Waals surface area contributed by atoms with Gasteiger partial charge in [0.05, 0.1) is 28.2 Å². The standard InChI is InChI=1S/C25H27Cl2NO2S/c1-2-31-21-10-3-17(4-11-21)15-24(29)28-19-6-8-20(9-7-19)30-25(13-14-25)18-5-12-22(26)23(27)16-18/h3-5,10-12,16,20H,2,6-9,13-15H2,1H3. The van der Waals surface area contributed by atoms with Crippen molar-refractivity contribution in [2.75, 3.05) is 5.75 Å². The van der Waals surface area contributed by atoms with Crippen LogP contribution in [0.1, 0.15) is 56.6 Å². The van der Waals surface area contributed by atoms with E-state index in [4.69, 9.17) is 27.9 Å². The first-order valence-electron chi connectivity index (χ1n) is 10.9. The van der Waals surface area contributed by atoms with Gasteiger partial charge < -0.3 is 4.74 Å². The SMILES string of the molecule is CCSc1ccc(CC(=O)N=C2CCC(OC3(c4ccc(Cl)c(Cl)c4)CC3)CC2)cc1. The number of thioether (sulfide) groups is 1. The maximum absolute atomic E-state index is 12.4. The van der Waals surface area contributed by atoms with Gasteiger partial charge in [0, 0.05) is 10.6 Å². The molecule has 0 spiro atoms. The topological polar surface area (TPSA) is 38.7 Å². The van der Waals surface area contributed by atoms with Crippen molar-refractivity contribution in [1.82, 2.24) is 0 Å². The lowest BCUT2D eigenvalue weighted by molar-refractivity contribution is -0.117. The number of carbonyl (C=O) groups is 1. The van der Waals surface area contributed by atoms with Gasteiger partial charge in [-0.3, -0.25) is 4.79 Å². The van der Waals surface area contributed by atoms with Crippen molar-refractivity contribution >= 4 is 46.6 Å². The molecule has 0 atom stereocenters. The van der Waals surface area contributed by atoms with E-state index in [0.717, 1.165) is 61.1 Å². The Morgan fingerprint density at radius 3 is 2.42 bits per heavy atom. The molecule has 2 aromatic rings. The fraction of sp³-hybridized carbons (Fsp3) is 0.440. The van der Waals surface area contributed by atoms with Gasteiger partial charge >= 0.3 is 0 Å². The molecule has 0 N–H and O–H groups in total. The molecular weight excluding hydrogens is 449 g/mol. The first-order valence-corrected chi connectivity index (χ1v) is 12.7. The maximum Gasteiger partial charge on any atom is 0.250 e. The largest absolute Gasteiger partial charge is 0.367 e. The number of benzene rings is 2. The van der Waals surface area contributed by atoms with Crippen molar-refractivity contribution in [3.8, 4) is 0 Å². The molecule has 0 saturated heterocycles. The quantitative estimate of drug-likeness (QED) is 0.395. The van der Waals surface area contributed by atoms with Gasteiger partial charge in [-0.25, -0.2) is 4.99 Å². The summed E-state index contributed by atoms with van der Waals surface area (Å²) in [5.74, 6) is 0.991. The Morgan fingerprint density at radius 1 is 1.10 bits per heavy atom. The van der Waals surface area contributed by atoms with E-state index in [9.17, 15) is 4.79 Å². The molecule has 4 rings (SSSR count). The highest BCUT2D eigenvalue weighted by Gasteiger charge is 2.47. The van der Waals surface area contributed by atoms with Gasteiger partial charge in [-0.2, -0.15) is 0 Å². The average Bonchev–Trinajstić information content (AvgIpc) is 3.54. The molecule has 0 aliphatic heterocycles. The molecule has 164 valence electrons. The predicted octanol–water partition coefficient (Wildman–Crippen LogP) is 7.26. The van der Waals surface area contributed by atoms with Gasteiger partial charge in [0.15, 0.2) is 0 Å². The van der Waals surface area contributed by atoms with Gasteiger partial charge in [-0.05, 0) is 79.7 Å². The van der Waals surface area contributed by atoms with Crippen LogP contribution in [0.15, 0.2) is 52.4 Å². The second-order valence-electron chi connectivity index (χ2n) is 8.27. The highest BCUT2D eigenvalue weighted by atomic mass is 35.5. The summed E-state index contributed by atoms with van der Waals surface area (Å²) < 4.78 is 6.51. The van der Waals surface area contributed by atoms with Crippen LogP contribution in [0.25, 0.3) is 0 Å². The van der Waals surface area contributed by atoms with Crippen molar-refractivity contribution in [3.63, 3.8) is 0 Å². The molecule has 2 aliphatic rings. The molecule has 2 aliphatic carbocycles. The second kappa shape index (κ2) is 10.1. The van der Waals surface area contributed by atoms with Crippen molar-refractivity contribution in [3.05, 3.63) is 63.6 Å². The molecule has 2 aromatic carbocycles. The third-order valence-corrected chi connectivity index (χ3v) is 7.56. The van der Waals surface area contributed by atoms with Crippen LogP contribution in [-0.2, 0) is 21.6 Å². The lowest BCUT2D eigenvalue weighted by Gasteiger charge is -2.29. The number of halogens is 2. The Labute approximate surface area is 198 Å². The van der Waals surface area contributed by atoms with E-state index in [1.807, 2.05) is 30.3 Å². The number of aliphatic imine (C=N–C) groups is 1. The van der Waals surface area contributed by atoms with Crippen molar-refractivity contribution in [2.24, 2.45) is 4.99 Å². The molecule has 0 heterocycles. The lowest BCUT2D eigenvalue weighted by Crippen LogP contribution is -2.27. The van der Waals surface area contributed by atoms with Gasteiger partial charge in [0.1, 0.15) is 0 Å². The minimum Gasteiger partial charge on any atom is -0.367 e. The molecule has 0 radical (unpaired) electrons. The van der Waals surface area contributed by atoms with E-state index in [-0.39, 0.29) is 17.6 Å². The third kappa shape index (κ3) is 5.92. The minimum absolute atomic E-state index is 0.0558. The first kappa shape index (κ1) is 22.8. The van der Waals surface area contributed by atoms with Crippen molar-refractivity contribution < 1.29 is 9.53 Å². The minimum atomic E-state index is -0.217. The number of rotatable bonds is 7. The molecule has 6 heteroatoms. The number of nitrogens with zero attached hydrogens (tertiary/aromatic N) is 1. The van der Waals surface area contributed by atoms with Crippen LogP contribution in [0.4, 0.5) is 0 Å². The summed E-state index contributed by atoms with van der Waals surface area (Å²) in [7, 11) is 0. The fourth-order valence-corrected chi connectivity index (χ4v) is 5.06. The molecular formula is C25H27Cl2NO2S. The maximum atomic E-state index is 12.4. The van der Waals surface area contributed by atoms with E-state index in [0.29, 0.717) is 16.5 Å². The molecule has 0 bridgehead atoms. The highest BCUT2D eigenvalue weighted by Crippen LogP contribution is 2.51. The third-order valence-electron chi connectivity index (χ3n) is 5.92. The highest BCUT2D eigenvalue weighted by molar-refractivity contribution is 7.99. The van der Waals surface area contributed by atoms with Crippen LogP contribution in [-0.4, -0.2) is 23.5 Å². The zero-order chi connectivity index (χ0) is 21.8. The zero-order valence-corrected chi connectivity index (χ0v) is 20.0. The monoisotopic (exact) mass is 475 g/mol. The Hall–Kier alpha value is -1.33. The molecule has 2 saturated carbocycles. The number of hydrogen-bond acceptors (Lipinski definition) is 3. The predicted molar refractivity (Wildman–Crippen MR) is 130 cm³/mol. The van der Waals surface area contributed by atoms with Crippen molar-refractivity contribution in [1.29, 1.82) is 0 Å². The van der Waals surface area contributed by atoms with Gasteiger partial charge in [0.2, 0.25) is 5.91 Å². The summed E-state index contributed by atoms with van der Waals surface area (Å²) in [5, 5.41) is 1.14. The summed E-state index contributed by atoms with van der Waals surface area (Å²) in [5.41, 5.74) is 2.91. The second-order valence-corrected chi connectivity index (χ2v) is 10.4. The molecule has 0 aromatic heterocycles. The number of hydrogen-bond donors (Lipinski definition) is 0. The van der Waals surface area contributed by atoms with Crippen LogP contribution in [0.5, 0.6) is 0 Å². The summed E-state index contributed by atoms with van der Waals surface area (Å²) >= 11 is 14.1. The number of amides is 1. The molecule has 3 nitrogen and oxygen atoms in total.